The van der Waals surface area contributed by atoms with Crippen LogP contribution in [0.15, 0.2) is 59.8 Å². The van der Waals surface area contributed by atoms with Crippen LogP contribution >= 0.6 is 0 Å². The number of hydrogen-bond acceptors (Lipinski definition) is 5. The number of piperazine rings is 1. The van der Waals surface area contributed by atoms with Crippen LogP contribution < -0.4 is 5.32 Å². The number of esters is 1. The minimum atomic E-state index is -0.829. The number of hydrogen-bond donors (Lipinski definition) is 1. The van der Waals surface area contributed by atoms with Crippen molar-refractivity contribution in [3.8, 4) is 0 Å². The maximum absolute atomic E-state index is 14.1. The molecule has 2 aromatic carbocycles. The highest BCUT2D eigenvalue weighted by Gasteiger charge is 2.38. The molecule has 0 radical (unpaired) electrons. The Balaban J connectivity index is 1.59. The Hall–Kier alpha value is -3.72. The molecule has 1 N–H and O–H groups in total. The number of nitrogens with one attached hydrogen (secondary N) is 1. The molecule has 0 aromatic heterocycles. The summed E-state index contributed by atoms with van der Waals surface area (Å²) < 4.78 is 19.4. The summed E-state index contributed by atoms with van der Waals surface area (Å²) in [5.41, 5.74) is 3.06. The second-order valence-electron chi connectivity index (χ2n) is 9.20. The average Bonchev–Trinajstić information content (AvgIpc) is 2.89. The lowest BCUT2D eigenvalue weighted by molar-refractivity contribution is -0.139. The Morgan fingerprint density at radius 1 is 1.05 bits per heavy atom. The molecule has 9 heteroatoms. The fourth-order valence-corrected chi connectivity index (χ4v) is 4.79. The van der Waals surface area contributed by atoms with E-state index in [1.165, 1.54) is 17.0 Å². The van der Waals surface area contributed by atoms with E-state index in [0.717, 1.165) is 5.56 Å². The van der Waals surface area contributed by atoms with E-state index in [2.05, 4.69) is 10.2 Å². The van der Waals surface area contributed by atoms with Crippen molar-refractivity contribution in [1.29, 1.82) is 0 Å². The molecule has 0 saturated carbocycles. The quantitative estimate of drug-likeness (QED) is 0.579. The number of likely N-dealkylation sites (N-methyl/N-ethyl adjacent to an activating group) is 1. The van der Waals surface area contributed by atoms with Gasteiger partial charge in [-0.1, -0.05) is 29.8 Å². The summed E-state index contributed by atoms with van der Waals surface area (Å²) in [4.78, 5) is 44.7. The number of amides is 3. The Labute approximate surface area is 216 Å². The highest BCUT2D eigenvalue weighted by atomic mass is 19.1. The molecular weight excluding hydrogens is 475 g/mol. The summed E-state index contributed by atoms with van der Waals surface area (Å²) in [6.07, 6.45) is 0. The first-order valence-corrected chi connectivity index (χ1v) is 12.6. The van der Waals surface area contributed by atoms with Crippen molar-refractivity contribution < 1.29 is 23.5 Å². The van der Waals surface area contributed by atoms with Crippen LogP contribution in [0.25, 0.3) is 0 Å². The lowest BCUT2D eigenvalue weighted by atomic mass is 9.94. The number of carbonyl (C=O) groups is 3. The number of aryl methyl sites for hydroxylation is 1. The zero-order valence-corrected chi connectivity index (χ0v) is 21.5. The van der Waals surface area contributed by atoms with E-state index in [9.17, 15) is 18.8 Å². The first kappa shape index (κ1) is 26.3. The molecule has 37 heavy (non-hydrogen) atoms. The molecule has 2 aromatic rings. The predicted octanol–water partition coefficient (Wildman–Crippen LogP) is 3.50. The SMILES string of the molecule is CCOC(=O)C1=C(CN2CCN(C(=O)c3ccc(C)cc3)CC2)N(CC)C(=O)N[C@@H]1c1cccc(F)c1. The number of urea groups is 1. The van der Waals surface area contributed by atoms with Gasteiger partial charge in [0.1, 0.15) is 5.82 Å². The van der Waals surface area contributed by atoms with Crippen LogP contribution in [0.4, 0.5) is 9.18 Å². The summed E-state index contributed by atoms with van der Waals surface area (Å²) in [6, 6.07) is 12.2. The maximum atomic E-state index is 14.1. The molecule has 0 bridgehead atoms. The van der Waals surface area contributed by atoms with Crippen molar-refractivity contribution in [2.45, 2.75) is 26.8 Å². The average molecular weight is 509 g/mol. The largest absolute Gasteiger partial charge is 0.463 e. The van der Waals surface area contributed by atoms with E-state index in [-0.39, 0.29) is 18.5 Å². The third kappa shape index (κ3) is 5.83. The van der Waals surface area contributed by atoms with Crippen molar-refractivity contribution in [1.82, 2.24) is 20.0 Å². The number of carbonyl (C=O) groups excluding carboxylic acids is 3. The minimum absolute atomic E-state index is 0.00975. The second kappa shape index (κ2) is 11.6. The number of benzene rings is 2. The van der Waals surface area contributed by atoms with Crippen molar-refractivity contribution in [3.63, 3.8) is 0 Å². The van der Waals surface area contributed by atoms with Crippen LogP contribution in [0.1, 0.15) is 41.4 Å². The maximum Gasteiger partial charge on any atom is 0.338 e. The van der Waals surface area contributed by atoms with Gasteiger partial charge < -0.3 is 15.0 Å². The van der Waals surface area contributed by atoms with Gasteiger partial charge in [0.25, 0.3) is 5.91 Å². The van der Waals surface area contributed by atoms with Gasteiger partial charge in [-0.2, -0.15) is 0 Å². The molecule has 2 aliphatic rings. The Bertz CT molecular complexity index is 1190. The van der Waals surface area contributed by atoms with Gasteiger partial charge in [0, 0.05) is 50.5 Å². The molecule has 2 heterocycles. The van der Waals surface area contributed by atoms with Crippen LogP contribution in [0.5, 0.6) is 0 Å². The van der Waals surface area contributed by atoms with Gasteiger partial charge in [-0.15, -0.1) is 0 Å². The summed E-state index contributed by atoms with van der Waals surface area (Å²) in [5.74, 6) is -1.01. The first-order valence-electron chi connectivity index (χ1n) is 12.6. The summed E-state index contributed by atoms with van der Waals surface area (Å²) >= 11 is 0. The molecular formula is C28H33FN4O4. The topological polar surface area (TPSA) is 82.2 Å². The molecule has 1 saturated heterocycles. The lowest BCUT2D eigenvalue weighted by Crippen LogP contribution is -2.53. The van der Waals surface area contributed by atoms with Gasteiger partial charge in [0.2, 0.25) is 0 Å². The van der Waals surface area contributed by atoms with Crippen molar-refractivity contribution >= 4 is 17.9 Å². The van der Waals surface area contributed by atoms with Gasteiger partial charge in [0.15, 0.2) is 0 Å². The van der Waals surface area contributed by atoms with Crippen molar-refractivity contribution in [3.05, 3.63) is 82.3 Å². The molecule has 8 nitrogen and oxygen atoms in total. The molecule has 1 fully saturated rings. The van der Waals surface area contributed by atoms with E-state index in [1.54, 1.807) is 19.1 Å². The Kier molecular flexibility index (Phi) is 8.23. The van der Waals surface area contributed by atoms with Crippen LogP contribution in [0.2, 0.25) is 0 Å². The van der Waals surface area contributed by atoms with Gasteiger partial charge in [-0.05, 0) is 50.6 Å². The molecule has 2 aliphatic heterocycles. The predicted molar refractivity (Wildman–Crippen MR) is 137 cm³/mol. The van der Waals surface area contributed by atoms with Crippen LogP contribution in [0.3, 0.4) is 0 Å². The van der Waals surface area contributed by atoms with E-state index in [0.29, 0.717) is 61.7 Å². The monoisotopic (exact) mass is 508 g/mol. The van der Waals surface area contributed by atoms with E-state index in [1.807, 2.05) is 43.0 Å². The summed E-state index contributed by atoms with van der Waals surface area (Å²) in [7, 11) is 0. The normalized spacial score (nSPS) is 18.6. The lowest BCUT2D eigenvalue weighted by Gasteiger charge is -2.40. The molecule has 0 aliphatic carbocycles. The first-order chi connectivity index (χ1) is 17.8. The second-order valence-corrected chi connectivity index (χ2v) is 9.20. The third-order valence-corrected chi connectivity index (χ3v) is 6.76. The van der Waals surface area contributed by atoms with Crippen LogP contribution in [0, 0.1) is 12.7 Å². The molecule has 4 rings (SSSR count). The highest BCUT2D eigenvalue weighted by molar-refractivity contribution is 5.95. The Morgan fingerprint density at radius 2 is 1.76 bits per heavy atom. The fourth-order valence-electron chi connectivity index (χ4n) is 4.79. The third-order valence-electron chi connectivity index (χ3n) is 6.76. The number of rotatable bonds is 7. The van der Waals surface area contributed by atoms with Crippen LogP contribution in [-0.2, 0) is 9.53 Å². The number of ether oxygens (including phenoxy) is 1. The summed E-state index contributed by atoms with van der Waals surface area (Å²) in [6.45, 7) is 8.62. The molecule has 0 spiro atoms. The molecule has 196 valence electrons. The zero-order valence-electron chi connectivity index (χ0n) is 21.5. The van der Waals surface area contributed by atoms with E-state index >= 15 is 0 Å². The number of halogens is 1. The van der Waals surface area contributed by atoms with Gasteiger partial charge in [-0.3, -0.25) is 14.6 Å². The van der Waals surface area contributed by atoms with Crippen LogP contribution in [-0.4, -0.2) is 78.5 Å². The molecule has 1 atom stereocenters. The Morgan fingerprint density at radius 3 is 2.38 bits per heavy atom. The number of nitrogens with zero attached hydrogens (tertiary/aromatic N) is 3. The molecule has 0 unspecified atom stereocenters. The zero-order chi connectivity index (χ0) is 26.5. The summed E-state index contributed by atoms with van der Waals surface area (Å²) in [5, 5.41) is 2.85. The van der Waals surface area contributed by atoms with Gasteiger partial charge in [-0.25, -0.2) is 14.0 Å². The van der Waals surface area contributed by atoms with Gasteiger partial charge in [0.05, 0.1) is 18.2 Å². The molecule has 3 amide bonds. The highest BCUT2D eigenvalue weighted by Crippen LogP contribution is 2.32. The van der Waals surface area contributed by atoms with Crippen molar-refractivity contribution in [2.24, 2.45) is 0 Å². The minimum Gasteiger partial charge on any atom is -0.463 e. The fraction of sp³-hybridized carbons (Fsp3) is 0.393. The standard InChI is InChI=1S/C28H33FN4O4/c1-4-33-23(18-31-13-15-32(16-14-31)26(34)20-11-9-19(3)10-12-20)24(27(35)37-5-2)25(30-28(33)36)21-7-6-8-22(29)17-21/h6-12,17,25H,4-5,13-16,18H2,1-3H3,(H,30,36)/t25-/m1/s1. The van der Waals surface area contributed by atoms with E-state index in [4.69, 9.17) is 4.74 Å². The van der Waals surface area contributed by atoms with Crippen molar-refractivity contribution in [2.75, 3.05) is 45.9 Å². The smallest absolute Gasteiger partial charge is 0.338 e. The van der Waals surface area contributed by atoms with E-state index < -0.39 is 17.8 Å². The van der Waals surface area contributed by atoms with Gasteiger partial charge >= 0.3 is 12.0 Å².